The maximum absolute atomic E-state index is 5.34. The zero-order valence-corrected chi connectivity index (χ0v) is 11.7. The molecule has 1 aromatic carbocycles. The molecule has 2 heteroatoms. The van der Waals surface area contributed by atoms with Gasteiger partial charge in [0.15, 0.2) is 0 Å². The zero-order chi connectivity index (χ0) is 13.2. The number of nitrogens with zero attached hydrogens (tertiary/aromatic N) is 1. The van der Waals surface area contributed by atoms with Crippen LogP contribution < -0.4 is 0 Å². The van der Waals surface area contributed by atoms with E-state index in [1.54, 1.807) is 0 Å². The normalized spacial score (nSPS) is 15.1. The molecule has 2 rings (SSSR count). The molecule has 0 aliphatic carbocycles. The summed E-state index contributed by atoms with van der Waals surface area (Å²) in [6.45, 7) is 10.6. The molecule has 2 nitrogen and oxygen atoms in total. The summed E-state index contributed by atoms with van der Waals surface area (Å²) in [7, 11) is 0. The number of rotatable bonds is 2. The molecular weight excluding hydrogens is 222 g/mol. The molecule has 1 heterocycles. The number of hydrogen-bond donors (Lipinski definition) is 0. The number of ether oxygens (including phenoxy) is 1. The van der Waals surface area contributed by atoms with Crippen LogP contribution in [0.5, 0.6) is 0 Å². The summed E-state index contributed by atoms with van der Waals surface area (Å²) >= 11 is 0. The van der Waals surface area contributed by atoms with Gasteiger partial charge in [-0.05, 0) is 24.6 Å². The molecule has 0 saturated carbocycles. The quantitative estimate of drug-likeness (QED) is 0.743. The van der Waals surface area contributed by atoms with Crippen molar-refractivity contribution >= 4 is 0 Å². The molecule has 0 amide bonds. The van der Waals surface area contributed by atoms with Crippen LogP contribution in [0.15, 0.2) is 24.3 Å². The molecule has 1 aliphatic heterocycles. The van der Waals surface area contributed by atoms with Gasteiger partial charge < -0.3 is 4.74 Å². The van der Waals surface area contributed by atoms with E-state index >= 15 is 0 Å². The van der Waals surface area contributed by atoms with Gasteiger partial charge in [-0.1, -0.05) is 31.9 Å². The van der Waals surface area contributed by atoms with E-state index in [1.165, 1.54) is 5.56 Å². The van der Waals surface area contributed by atoms with Crippen molar-refractivity contribution in [2.45, 2.75) is 27.3 Å². The molecule has 1 saturated heterocycles. The second-order valence-electron chi connectivity index (χ2n) is 3.96. The van der Waals surface area contributed by atoms with Gasteiger partial charge in [0.25, 0.3) is 0 Å². The van der Waals surface area contributed by atoms with Crippen molar-refractivity contribution in [2.75, 3.05) is 26.3 Å². The average molecular weight is 245 g/mol. The fraction of sp³-hybridized carbons (Fsp3) is 0.500. The maximum atomic E-state index is 5.34. The molecule has 1 aromatic rings. The van der Waals surface area contributed by atoms with Gasteiger partial charge in [0.1, 0.15) is 0 Å². The first-order chi connectivity index (χ1) is 8.88. The van der Waals surface area contributed by atoms with Crippen LogP contribution in [-0.2, 0) is 11.3 Å². The molecule has 98 valence electrons. The van der Waals surface area contributed by atoms with Crippen molar-refractivity contribution in [3.05, 3.63) is 35.4 Å². The minimum absolute atomic E-state index is 0.856. The fourth-order valence-electron chi connectivity index (χ4n) is 1.91. The molecule has 0 unspecified atom stereocenters. The van der Waals surface area contributed by atoms with E-state index in [0.29, 0.717) is 0 Å². The molecule has 0 bridgehead atoms. The second kappa shape index (κ2) is 8.74. The van der Waals surface area contributed by atoms with Gasteiger partial charge in [-0.15, -0.1) is 5.92 Å². The van der Waals surface area contributed by atoms with E-state index in [0.717, 1.165) is 38.4 Å². The van der Waals surface area contributed by atoms with Gasteiger partial charge >= 0.3 is 0 Å². The highest BCUT2D eigenvalue weighted by atomic mass is 16.5. The van der Waals surface area contributed by atoms with Gasteiger partial charge in [-0.2, -0.15) is 0 Å². The standard InChI is InChI=1S/C14H17NO.C2H6/c1-2-4-13-5-3-6-14(11-13)12-15-7-9-16-10-8-15;1-2/h3,5-6,11H,7-10,12H2,1H3;1-2H3. The number of morpholine rings is 1. The Morgan fingerprint density at radius 1 is 1.22 bits per heavy atom. The summed E-state index contributed by atoms with van der Waals surface area (Å²) in [5.74, 6) is 6.02. The van der Waals surface area contributed by atoms with Gasteiger partial charge in [-0.3, -0.25) is 4.90 Å². The minimum Gasteiger partial charge on any atom is -0.379 e. The number of hydrogen-bond acceptors (Lipinski definition) is 2. The van der Waals surface area contributed by atoms with Crippen molar-refractivity contribution in [2.24, 2.45) is 0 Å². The molecule has 0 radical (unpaired) electrons. The Morgan fingerprint density at radius 3 is 2.61 bits per heavy atom. The maximum Gasteiger partial charge on any atom is 0.0594 e. The summed E-state index contributed by atoms with van der Waals surface area (Å²) in [6, 6.07) is 8.47. The summed E-state index contributed by atoms with van der Waals surface area (Å²) in [4.78, 5) is 2.42. The van der Waals surface area contributed by atoms with Crippen LogP contribution in [0, 0.1) is 11.8 Å². The van der Waals surface area contributed by atoms with E-state index in [4.69, 9.17) is 4.74 Å². The predicted octanol–water partition coefficient (Wildman–Crippen LogP) is 2.92. The van der Waals surface area contributed by atoms with Crippen LogP contribution in [0.25, 0.3) is 0 Å². The van der Waals surface area contributed by atoms with E-state index in [2.05, 4.69) is 41.0 Å². The van der Waals surface area contributed by atoms with E-state index in [9.17, 15) is 0 Å². The van der Waals surface area contributed by atoms with Crippen molar-refractivity contribution in [1.29, 1.82) is 0 Å². The second-order valence-corrected chi connectivity index (χ2v) is 3.96. The summed E-state index contributed by atoms with van der Waals surface area (Å²) in [6.07, 6.45) is 0. The average Bonchev–Trinajstić information content (AvgIpc) is 2.43. The third-order valence-corrected chi connectivity index (χ3v) is 2.71. The third-order valence-electron chi connectivity index (χ3n) is 2.71. The first-order valence-corrected chi connectivity index (χ1v) is 6.70. The first kappa shape index (κ1) is 14.8. The van der Waals surface area contributed by atoms with Crippen LogP contribution in [-0.4, -0.2) is 31.2 Å². The van der Waals surface area contributed by atoms with Crippen LogP contribution in [0.4, 0.5) is 0 Å². The van der Waals surface area contributed by atoms with Crippen LogP contribution in [0.1, 0.15) is 31.9 Å². The van der Waals surface area contributed by atoms with E-state index in [1.807, 2.05) is 20.8 Å². The predicted molar refractivity (Wildman–Crippen MR) is 76.4 cm³/mol. The lowest BCUT2D eigenvalue weighted by Gasteiger charge is -2.26. The Labute approximate surface area is 111 Å². The van der Waals surface area contributed by atoms with Gasteiger partial charge in [0.05, 0.1) is 13.2 Å². The highest BCUT2D eigenvalue weighted by Crippen LogP contribution is 2.09. The Hall–Kier alpha value is -1.30. The van der Waals surface area contributed by atoms with Gasteiger partial charge in [-0.25, -0.2) is 0 Å². The first-order valence-electron chi connectivity index (χ1n) is 6.70. The van der Waals surface area contributed by atoms with Gasteiger partial charge in [0, 0.05) is 25.2 Å². The van der Waals surface area contributed by atoms with Crippen molar-refractivity contribution in [1.82, 2.24) is 4.90 Å². The lowest BCUT2D eigenvalue weighted by Crippen LogP contribution is -2.35. The number of benzene rings is 1. The fourth-order valence-corrected chi connectivity index (χ4v) is 1.91. The smallest absolute Gasteiger partial charge is 0.0594 e. The molecule has 0 N–H and O–H groups in total. The molecule has 1 aliphatic rings. The topological polar surface area (TPSA) is 12.5 Å². The van der Waals surface area contributed by atoms with Crippen LogP contribution in [0.2, 0.25) is 0 Å². The minimum atomic E-state index is 0.856. The highest BCUT2D eigenvalue weighted by molar-refractivity contribution is 5.36. The summed E-state index contributed by atoms with van der Waals surface area (Å²) in [5, 5.41) is 0. The zero-order valence-electron chi connectivity index (χ0n) is 11.7. The Kier molecular flexibility index (Phi) is 7.17. The highest BCUT2D eigenvalue weighted by Gasteiger charge is 2.10. The molecular formula is C16H23NO. The lowest BCUT2D eigenvalue weighted by molar-refractivity contribution is 0.0342. The van der Waals surface area contributed by atoms with Crippen molar-refractivity contribution in [3.8, 4) is 11.8 Å². The summed E-state index contributed by atoms with van der Waals surface area (Å²) in [5.41, 5.74) is 2.44. The molecule has 0 aromatic heterocycles. The van der Waals surface area contributed by atoms with Crippen molar-refractivity contribution in [3.63, 3.8) is 0 Å². The molecule has 18 heavy (non-hydrogen) atoms. The Balaban J connectivity index is 0.000000771. The lowest BCUT2D eigenvalue weighted by atomic mass is 10.1. The van der Waals surface area contributed by atoms with Crippen LogP contribution >= 0.6 is 0 Å². The molecule has 0 spiro atoms. The SMILES string of the molecule is CC.CC#Cc1cccc(CN2CCOCC2)c1. The third kappa shape index (κ3) is 4.91. The summed E-state index contributed by atoms with van der Waals surface area (Å²) < 4.78 is 5.34. The van der Waals surface area contributed by atoms with Crippen LogP contribution in [0.3, 0.4) is 0 Å². The van der Waals surface area contributed by atoms with E-state index < -0.39 is 0 Å². The monoisotopic (exact) mass is 245 g/mol. The van der Waals surface area contributed by atoms with E-state index in [-0.39, 0.29) is 0 Å². The van der Waals surface area contributed by atoms with Crippen molar-refractivity contribution < 1.29 is 4.74 Å². The molecule has 1 fully saturated rings. The Morgan fingerprint density at radius 2 is 1.94 bits per heavy atom. The largest absolute Gasteiger partial charge is 0.379 e. The van der Waals surface area contributed by atoms with Gasteiger partial charge in [0.2, 0.25) is 0 Å². The molecule has 0 atom stereocenters. The Bertz CT molecular complexity index is 397.